The fourth-order valence-electron chi connectivity index (χ4n) is 2.53. The number of hydrogen-bond acceptors (Lipinski definition) is 4. The van der Waals surface area contributed by atoms with Crippen LogP contribution >= 0.6 is 0 Å². The lowest BCUT2D eigenvalue weighted by Gasteiger charge is -2.19. The average Bonchev–Trinajstić information content (AvgIpc) is 3.08. The quantitative estimate of drug-likeness (QED) is 0.740. The van der Waals surface area contributed by atoms with Gasteiger partial charge in [0.2, 0.25) is 0 Å². The van der Waals surface area contributed by atoms with Gasteiger partial charge in [-0.15, -0.1) is 0 Å². The maximum Gasteiger partial charge on any atom is 0.0948 e. The molecule has 20 heavy (non-hydrogen) atoms. The molecule has 2 rings (SSSR count). The number of ether oxygens (including phenoxy) is 2. The van der Waals surface area contributed by atoms with Crippen LogP contribution in [0.2, 0.25) is 0 Å². The van der Waals surface area contributed by atoms with Gasteiger partial charge in [-0.25, -0.2) is 4.98 Å². The molecule has 1 saturated heterocycles. The van der Waals surface area contributed by atoms with Crippen LogP contribution in [0.4, 0.5) is 0 Å². The maximum absolute atomic E-state index is 6.34. The van der Waals surface area contributed by atoms with Crippen molar-refractivity contribution in [1.82, 2.24) is 9.55 Å². The van der Waals surface area contributed by atoms with Crippen molar-refractivity contribution in [1.29, 1.82) is 0 Å². The summed E-state index contributed by atoms with van der Waals surface area (Å²) in [4.78, 5) is 4.24. The van der Waals surface area contributed by atoms with Gasteiger partial charge in [0.25, 0.3) is 0 Å². The van der Waals surface area contributed by atoms with Gasteiger partial charge < -0.3 is 19.8 Å². The van der Waals surface area contributed by atoms with Crippen LogP contribution in [-0.2, 0) is 16.0 Å². The number of aryl methyl sites for hydroxylation is 1. The van der Waals surface area contributed by atoms with E-state index in [1.807, 2.05) is 12.5 Å². The number of imidazole rings is 1. The first-order valence-electron chi connectivity index (χ1n) is 7.59. The summed E-state index contributed by atoms with van der Waals surface area (Å²) in [5.41, 5.74) is 7.46. The zero-order valence-electron chi connectivity index (χ0n) is 12.6. The van der Waals surface area contributed by atoms with Crippen molar-refractivity contribution in [3.63, 3.8) is 0 Å². The van der Waals surface area contributed by atoms with E-state index in [-0.39, 0.29) is 6.04 Å². The summed E-state index contributed by atoms with van der Waals surface area (Å²) in [5, 5.41) is 0. The van der Waals surface area contributed by atoms with Crippen molar-refractivity contribution < 1.29 is 9.47 Å². The van der Waals surface area contributed by atoms with Crippen molar-refractivity contribution in [3.8, 4) is 0 Å². The molecule has 5 heteroatoms. The highest BCUT2D eigenvalue weighted by atomic mass is 16.5. The van der Waals surface area contributed by atoms with Gasteiger partial charge in [-0.05, 0) is 18.8 Å². The lowest BCUT2D eigenvalue weighted by molar-refractivity contribution is 0.105. The monoisotopic (exact) mass is 281 g/mol. The molecule has 1 aromatic rings. The highest BCUT2D eigenvalue weighted by Gasteiger charge is 2.26. The summed E-state index contributed by atoms with van der Waals surface area (Å²) in [7, 11) is 0. The van der Waals surface area contributed by atoms with Gasteiger partial charge in [0, 0.05) is 38.5 Å². The summed E-state index contributed by atoms with van der Waals surface area (Å²) < 4.78 is 13.2. The molecule has 2 heterocycles. The molecule has 0 spiro atoms. The lowest BCUT2D eigenvalue weighted by atomic mass is 9.97. The minimum atomic E-state index is 0.0246. The van der Waals surface area contributed by atoms with Crippen LogP contribution < -0.4 is 5.73 Å². The Morgan fingerprint density at radius 3 is 3.10 bits per heavy atom. The van der Waals surface area contributed by atoms with E-state index >= 15 is 0 Å². The average molecular weight is 281 g/mol. The molecule has 1 aliphatic heterocycles. The molecule has 5 nitrogen and oxygen atoms in total. The SMILES string of the molecule is CC(C)COCCCn1cncc1C(N)C1CCOC1. The second-order valence-corrected chi connectivity index (χ2v) is 5.98. The first-order chi connectivity index (χ1) is 9.68. The highest BCUT2D eigenvalue weighted by Crippen LogP contribution is 2.26. The Kier molecular flexibility index (Phi) is 6.01. The molecule has 2 atom stereocenters. The summed E-state index contributed by atoms with van der Waals surface area (Å²) in [6, 6.07) is 0.0246. The third kappa shape index (κ3) is 4.30. The Morgan fingerprint density at radius 2 is 2.40 bits per heavy atom. The topological polar surface area (TPSA) is 62.3 Å². The smallest absolute Gasteiger partial charge is 0.0948 e. The van der Waals surface area contributed by atoms with Gasteiger partial charge in [-0.2, -0.15) is 0 Å². The number of hydrogen-bond donors (Lipinski definition) is 1. The van der Waals surface area contributed by atoms with Gasteiger partial charge in [-0.1, -0.05) is 13.8 Å². The second kappa shape index (κ2) is 7.76. The molecule has 2 unspecified atom stereocenters. The standard InChI is InChI=1S/C15H27N3O2/c1-12(2)9-19-6-3-5-18-11-17-8-14(18)15(16)13-4-7-20-10-13/h8,11-13,15H,3-7,9-10,16H2,1-2H3. The van der Waals surface area contributed by atoms with E-state index in [0.717, 1.165) is 51.5 Å². The van der Waals surface area contributed by atoms with E-state index in [1.165, 1.54) is 0 Å². The molecule has 1 aliphatic rings. The van der Waals surface area contributed by atoms with Crippen molar-refractivity contribution in [3.05, 3.63) is 18.2 Å². The Morgan fingerprint density at radius 1 is 1.55 bits per heavy atom. The summed E-state index contributed by atoms with van der Waals surface area (Å²) in [5.74, 6) is 1.01. The number of nitrogens with two attached hydrogens (primary N) is 1. The van der Waals surface area contributed by atoms with Gasteiger partial charge in [0.05, 0.1) is 24.7 Å². The molecule has 2 N–H and O–H groups in total. The minimum Gasteiger partial charge on any atom is -0.381 e. The van der Waals surface area contributed by atoms with Crippen molar-refractivity contribution in [2.75, 3.05) is 26.4 Å². The van der Waals surface area contributed by atoms with Crippen LogP contribution in [-0.4, -0.2) is 36.0 Å². The molecular weight excluding hydrogens is 254 g/mol. The van der Waals surface area contributed by atoms with Crippen LogP contribution in [0.3, 0.4) is 0 Å². The number of rotatable bonds is 8. The molecule has 1 fully saturated rings. The Balaban J connectivity index is 1.79. The van der Waals surface area contributed by atoms with Crippen LogP contribution in [0, 0.1) is 11.8 Å². The van der Waals surface area contributed by atoms with Crippen LogP contribution in [0.15, 0.2) is 12.5 Å². The van der Waals surface area contributed by atoms with Crippen LogP contribution in [0.1, 0.15) is 38.4 Å². The predicted octanol–water partition coefficient (Wildman–Crippen LogP) is 1.98. The fraction of sp³-hybridized carbons (Fsp3) is 0.800. The maximum atomic E-state index is 6.34. The Hall–Kier alpha value is -0.910. The van der Waals surface area contributed by atoms with E-state index in [2.05, 4.69) is 23.4 Å². The molecule has 0 aliphatic carbocycles. The van der Waals surface area contributed by atoms with Crippen molar-refractivity contribution in [2.24, 2.45) is 17.6 Å². The predicted molar refractivity (Wildman–Crippen MR) is 78.4 cm³/mol. The van der Waals surface area contributed by atoms with E-state index in [4.69, 9.17) is 15.2 Å². The minimum absolute atomic E-state index is 0.0246. The lowest BCUT2D eigenvalue weighted by Crippen LogP contribution is -2.24. The first-order valence-corrected chi connectivity index (χ1v) is 7.59. The molecule has 0 radical (unpaired) electrons. The summed E-state index contributed by atoms with van der Waals surface area (Å²) in [6.07, 6.45) is 5.79. The molecule has 0 saturated carbocycles. The van der Waals surface area contributed by atoms with E-state index < -0.39 is 0 Å². The fourth-order valence-corrected chi connectivity index (χ4v) is 2.53. The molecule has 0 bridgehead atoms. The van der Waals surface area contributed by atoms with Gasteiger partial charge in [0.1, 0.15) is 0 Å². The molecule has 0 amide bonds. The van der Waals surface area contributed by atoms with E-state index in [9.17, 15) is 0 Å². The first kappa shape index (κ1) is 15.5. The summed E-state index contributed by atoms with van der Waals surface area (Å²) >= 11 is 0. The number of nitrogens with zero attached hydrogens (tertiary/aromatic N) is 2. The second-order valence-electron chi connectivity index (χ2n) is 5.98. The van der Waals surface area contributed by atoms with Crippen LogP contribution in [0.5, 0.6) is 0 Å². The molecule has 0 aromatic carbocycles. The highest BCUT2D eigenvalue weighted by molar-refractivity contribution is 5.07. The zero-order chi connectivity index (χ0) is 14.4. The van der Waals surface area contributed by atoms with Gasteiger partial charge in [0.15, 0.2) is 0 Å². The zero-order valence-corrected chi connectivity index (χ0v) is 12.6. The van der Waals surface area contributed by atoms with Crippen LogP contribution in [0.25, 0.3) is 0 Å². The van der Waals surface area contributed by atoms with Gasteiger partial charge in [-0.3, -0.25) is 0 Å². The largest absolute Gasteiger partial charge is 0.381 e. The molecule has 1 aromatic heterocycles. The van der Waals surface area contributed by atoms with E-state index in [0.29, 0.717) is 11.8 Å². The van der Waals surface area contributed by atoms with Gasteiger partial charge >= 0.3 is 0 Å². The number of aromatic nitrogens is 2. The summed E-state index contributed by atoms with van der Waals surface area (Å²) in [6.45, 7) is 8.45. The molecule has 114 valence electrons. The van der Waals surface area contributed by atoms with E-state index in [1.54, 1.807) is 0 Å². The Bertz CT molecular complexity index is 386. The normalized spacial score (nSPS) is 20.7. The third-order valence-corrected chi connectivity index (χ3v) is 3.70. The third-order valence-electron chi connectivity index (χ3n) is 3.70. The Labute approximate surface area is 121 Å². The van der Waals surface area contributed by atoms with Crippen molar-refractivity contribution >= 4 is 0 Å². The molecular formula is C15H27N3O2. The van der Waals surface area contributed by atoms with Crippen molar-refractivity contribution in [2.45, 2.75) is 39.3 Å².